The molecule has 2 aliphatic rings. The molecular formula is C10H13ClO4. The second-order valence-electron chi connectivity index (χ2n) is 3.91. The molecule has 0 heterocycles. The largest absolute Gasteiger partial charge is 0.510 e. The highest BCUT2D eigenvalue weighted by Gasteiger charge is 2.53. The molecule has 2 bridgehead atoms. The van der Waals surface area contributed by atoms with E-state index >= 15 is 0 Å². The third-order valence-electron chi connectivity index (χ3n) is 3.30. The van der Waals surface area contributed by atoms with Crippen molar-refractivity contribution in [1.29, 1.82) is 0 Å². The van der Waals surface area contributed by atoms with Crippen molar-refractivity contribution >= 4 is 17.4 Å². The van der Waals surface area contributed by atoms with Crippen LogP contribution in [0.4, 0.5) is 0 Å². The van der Waals surface area contributed by atoms with E-state index in [1.54, 1.807) is 7.11 Å². The minimum atomic E-state index is -0.314. The third-order valence-corrected chi connectivity index (χ3v) is 3.68. The molecule has 1 fully saturated rings. The van der Waals surface area contributed by atoms with Crippen LogP contribution in [0, 0.1) is 11.8 Å². The Morgan fingerprint density at radius 1 is 1.27 bits per heavy atom. The molecule has 4 atom stereocenters. The number of aliphatic hydroxyl groups excluding tert-OH is 1. The molecule has 0 spiro atoms. The maximum Gasteiger partial charge on any atom is 0.183 e. The molecule has 1 saturated carbocycles. The van der Waals surface area contributed by atoms with Gasteiger partial charge in [-0.1, -0.05) is 11.6 Å². The number of rotatable bonds is 2. The van der Waals surface area contributed by atoms with E-state index in [1.165, 1.54) is 7.11 Å². The summed E-state index contributed by atoms with van der Waals surface area (Å²) in [7, 11) is 3.08. The molecule has 15 heavy (non-hydrogen) atoms. The second kappa shape index (κ2) is 3.77. The van der Waals surface area contributed by atoms with Gasteiger partial charge in [0.1, 0.15) is 10.8 Å². The maximum atomic E-state index is 11.7. The average molecular weight is 233 g/mol. The lowest BCUT2D eigenvalue weighted by atomic mass is 9.92. The average Bonchev–Trinajstić information content (AvgIpc) is 2.59. The number of fused-ring (bicyclic) bond motifs is 2. The topological polar surface area (TPSA) is 55.8 Å². The first-order valence-electron chi connectivity index (χ1n) is 4.80. The smallest absolute Gasteiger partial charge is 0.183 e. The summed E-state index contributed by atoms with van der Waals surface area (Å²) >= 11 is 5.76. The van der Waals surface area contributed by atoms with Crippen LogP contribution >= 0.6 is 11.6 Å². The van der Waals surface area contributed by atoms with Crippen molar-refractivity contribution in [3.05, 3.63) is 10.8 Å². The molecule has 2 rings (SSSR count). The first kappa shape index (κ1) is 10.9. The number of Topliss-reactive ketones (excluding diaryl/α,β-unsaturated/α-hetero) is 1. The van der Waals surface area contributed by atoms with Gasteiger partial charge in [0, 0.05) is 20.1 Å². The van der Waals surface area contributed by atoms with Crippen LogP contribution in [0.2, 0.25) is 0 Å². The van der Waals surface area contributed by atoms with Crippen molar-refractivity contribution in [3.8, 4) is 0 Å². The molecule has 0 amide bonds. The normalized spacial score (nSPS) is 40.1. The lowest BCUT2D eigenvalue weighted by Crippen LogP contribution is -2.33. The summed E-state index contributed by atoms with van der Waals surface area (Å²) in [6, 6.07) is 0. The molecule has 1 N–H and O–H groups in total. The lowest BCUT2D eigenvalue weighted by Gasteiger charge is -2.21. The van der Waals surface area contributed by atoms with Gasteiger partial charge in [0.15, 0.2) is 5.78 Å². The fraction of sp³-hybridized carbons (Fsp3) is 0.700. The molecular weight excluding hydrogens is 220 g/mol. The van der Waals surface area contributed by atoms with E-state index in [0.29, 0.717) is 6.42 Å². The standard InChI is InChI=1S/C10H13ClO4/c1-14-9-4-3-5(10(9)15-2)8(13)6(11)7(4)12/h4-5,9-10,12H,3H2,1-2H3/t4-,5+,9-,10+/m0/s1. The molecule has 0 aromatic heterocycles. The predicted octanol–water partition coefficient (Wildman–Crippen LogP) is 1.24. The number of carbonyl (C=O) groups excluding carboxylic acids is 1. The van der Waals surface area contributed by atoms with Gasteiger partial charge < -0.3 is 14.6 Å². The second-order valence-corrected chi connectivity index (χ2v) is 4.29. The number of halogens is 1. The Bertz CT molecular complexity index is 325. The lowest BCUT2D eigenvalue weighted by molar-refractivity contribution is -0.124. The van der Waals surface area contributed by atoms with E-state index < -0.39 is 0 Å². The number of ketones is 1. The number of methoxy groups -OCH3 is 2. The molecule has 0 aromatic carbocycles. The van der Waals surface area contributed by atoms with Gasteiger partial charge in [0.25, 0.3) is 0 Å². The Morgan fingerprint density at radius 3 is 2.33 bits per heavy atom. The maximum absolute atomic E-state index is 11.7. The molecule has 0 aromatic rings. The SMILES string of the molecule is CO[C@@H]1[C@H](OC)[C@@H]2C[C@H]1C(O)=C(Cl)C2=O. The number of ether oxygens (including phenoxy) is 2. The zero-order valence-electron chi connectivity index (χ0n) is 8.57. The molecule has 5 heteroatoms. The molecule has 4 nitrogen and oxygen atoms in total. The Morgan fingerprint density at radius 2 is 1.80 bits per heavy atom. The Hall–Kier alpha value is -0.580. The van der Waals surface area contributed by atoms with E-state index in [1.807, 2.05) is 0 Å². The molecule has 0 unspecified atom stereocenters. The first-order valence-corrected chi connectivity index (χ1v) is 5.18. The van der Waals surface area contributed by atoms with Crippen molar-refractivity contribution in [3.63, 3.8) is 0 Å². The number of aliphatic hydroxyl groups is 1. The molecule has 84 valence electrons. The number of hydrogen-bond donors (Lipinski definition) is 1. The van der Waals surface area contributed by atoms with Crippen molar-refractivity contribution in [2.24, 2.45) is 11.8 Å². The summed E-state index contributed by atoms with van der Waals surface area (Å²) < 4.78 is 10.5. The fourth-order valence-electron chi connectivity index (χ4n) is 2.57. The number of carbonyl (C=O) groups is 1. The van der Waals surface area contributed by atoms with Crippen LogP contribution in [0.5, 0.6) is 0 Å². The zero-order chi connectivity index (χ0) is 11.2. The minimum absolute atomic E-state index is 0.0516. The monoisotopic (exact) mass is 232 g/mol. The minimum Gasteiger partial charge on any atom is -0.510 e. The summed E-state index contributed by atoms with van der Waals surface area (Å²) in [4.78, 5) is 11.7. The molecule has 2 aliphatic carbocycles. The fourth-order valence-corrected chi connectivity index (χ4v) is 2.85. The van der Waals surface area contributed by atoms with Crippen molar-refractivity contribution in [2.75, 3.05) is 14.2 Å². The Labute approximate surface area is 92.8 Å². The van der Waals surface area contributed by atoms with Crippen LogP contribution in [-0.2, 0) is 14.3 Å². The number of hydrogen-bond acceptors (Lipinski definition) is 4. The van der Waals surface area contributed by atoms with E-state index in [9.17, 15) is 9.90 Å². The van der Waals surface area contributed by atoms with Crippen molar-refractivity contribution in [2.45, 2.75) is 18.6 Å². The quantitative estimate of drug-likeness (QED) is 0.779. The van der Waals surface area contributed by atoms with E-state index in [-0.39, 0.29) is 40.6 Å². The Kier molecular flexibility index (Phi) is 2.75. The van der Waals surface area contributed by atoms with Gasteiger partial charge in [0.2, 0.25) is 0 Å². The summed E-state index contributed by atoms with van der Waals surface area (Å²) in [6.07, 6.45) is -0.0520. The molecule has 0 saturated heterocycles. The Balaban J connectivity index is 2.39. The predicted molar refractivity (Wildman–Crippen MR) is 53.7 cm³/mol. The van der Waals surface area contributed by atoms with Gasteiger partial charge in [-0.25, -0.2) is 0 Å². The van der Waals surface area contributed by atoms with E-state index in [0.717, 1.165) is 0 Å². The molecule has 0 radical (unpaired) electrons. The van der Waals surface area contributed by atoms with Gasteiger partial charge in [-0.05, 0) is 6.42 Å². The van der Waals surface area contributed by atoms with E-state index in [4.69, 9.17) is 21.1 Å². The van der Waals surface area contributed by atoms with Gasteiger partial charge >= 0.3 is 0 Å². The van der Waals surface area contributed by atoms with Crippen LogP contribution in [0.3, 0.4) is 0 Å². The first-order chi connectivity index (χ1) is 7.11. The number of allylic oxidation sites excluding steroid dienone is 1. The van der Waals surface area contributed by atoms with Crippen LogP contribution in [0.1, 0.15) is 6.42 Å². The van der Waals surface area contributed by atoms with Gasteiger partial charge in [0.05, 0.1) is 18.1 Å². The highest BCUT2D eigenvalue weighted by Crippen LogP contribution is 2.45. The highest BCUT2D eigenvalue weighted by molar-refractivity contribution is 6.43. The van der Waals surface area contributed by atoms with Gasteiger partial charge in [-0.2, -0.15) is 0 Å². The van der Waals surface area contributed by atoms with Gasteiger partial charge in [-0.15, -0.1) is 0 Å². The van der Waals surface area contributed by atoms with Crippen LogP contribution < -0.4 is 0 Å². The van der Waals surface area contributed by atoms with Crippen LogP contribution in [-0.4, -0.2) is 37.3 Å². The van der Waals surface area contributed by atoms with Gasteiger partial charge in [-0.3, -0.25) is 4.79 Å². The summed E-state index contributed by atoms with van der Waals surface area (Å²) in [5.41, 5.74) is 0. The zero-order valence-corrected chi connectivity index (χ0v) is 9.32. The third kappa shape index (κ3) is 1.40. The summed E-state index contributed by atoms with van der Waals surface area (Å²) in [5.74, 6) is -0.787. The molecule has 0 aliphatic heterocycles. The highest BCUT2D eigenvalue weighted by atomic mass is 35.5. The van der Waals surface area contributed by atoms with Crippen LogP contribution in [0.15, 0.2) is 10.8 Å². The van der Waals surface area contributed by atoms with Crippen molar-refractivity contribution < 1.29 is 19.4 Å². The summed E-state index contributed by atoms with van der Waals surface area (Å²) in [5, 5.41) is 9.68. The van der Waals surface area contributed by atoms with E-state index in [2.05, 4.69) is 0 Å². The summed E-state index contributed by atoms with van der Waals surface area (Å²) in [6.45, 7) is 0. The van der Waals surface area contributed by atoms with Crippen LogP contribution in [0.25, 0.3) is 0 Å². The van der Waals surface area contributed by atoms with Crippen molar-refractivity contribution in [1.82, 2.24) is 0 Å².